The Morgan fingerprint density at radius 1 is 1.19 bits per heavy atom. The number of imide groups is 1. The van der Waals surface area contributed by atoms with Crippen LogP contribution in [0.3, 0.4) is 0 Å². The molecule has 0 bridgehead atoms. The van der Waals surface area contributed by atoms with E-state index in [-0.39, 0.29) is 12.3 Å². The van der Waals surface area contributed by atoms with Crippen LogP contribution in [0.25, 0.3) is 0 Å². The fourth-order valence-electron chi connectivity index (χ4n) is 3.58. The molecule has 1 aromatic rings. The summed E-state index contributed by atoms with van der Waals surface area (Å²) in [6.07, 6.45) is 0. The number of amides is 2. The van der Waals surface area contributed by atoms with Crippen LogP contribution in [-0.4, -0.2) is 41.3 Å². The van der Waals surface area contributed by atoms with E-state index in [0.29, 0.717) is 10.8 Å². The normalized spacial score (nSPS) is 21.8. The molecule has 26 heavy (non-hydrogen) atoms. The fourth-order valence-corrected chi connectivity index (χ4v) is 3.58. The number of aryl methyl sites for hydroxylation is 3. The highest BCUT2D eigenvalue weighted by Crippen LogP contribution is 2.38. The van der Waals surface area contributed by atoms with Gasteiger partial charge in [-0.1, -0.05) is 17.7 Å². The van der Waals surface area contributed by atoms with Crippen LogP contribution in [0.15, 0.2) is 22.5 Å². The maximum atomic E-state index is 13.0. The third-order valence-corrected chi connectivity index (χ3v) is 4.46. The van der Waals surface area contributed by atoms with E-state index in [1.165, 1.54) is 0 Å². The maximum absolute atomic E-state index is 13.0. The van der Waals surface area contributed by atoms with E-state index >= 15 is 0 Å². The molecule has 2 aliphatic rings. The van der Waals surface area contributed by atoms with Crippen LogP contribution in [0.5, 0.6) is 0 Å². The van der Waals surface area contributed by atoms with Crippen molar-refractivity contribution in [3.05, 3.63) is 33.7 Å². The van der Waals surface area contributed by atoms with E-state index in [4.69, 9.17) is 4.74 Å². The first-order chi connectivity index (χ1) is 12.3. The van der Waals surface area contributed by atoms with Crippen LogP contribution in [-0.2, 0) is 19.1 Å². The van der Waals surface area contributed by atoms with Gasteiger partial charge in [0.1, 0.15) is 5.92 Å². The number of nitroso groups, excluding NO2 is 1. The van der Waals surface area contributed by atoms with Gasteiger partial charge < -0.3 is 4.74 Å². The number of ether oxygens (including phenoxy) is 1. The Bertz CT molecular complexity index is 840. The number of anilines is 1. The molecule has 2 aliphatic heterocycles. The first kappa shape index (κ1) is 17.7. The largest absolute Gasteiger partial charge is 0.461 e. The molecule has 1 aromatic carbocycles. The van der Waals surface area contributed by atoms with Gasteiger partial charge in [-0.2, -0.15) is 0 Å². The van der Waals surface area contributed by atoms with Gasteiger partial charge in [0.2, 0.25) is 5.91 Å². The third-order valence-electron chi connectivity index (χ3n) is 4.46. The molecule has 2 heterocycles. The molecule has 9 heteroatoms. The molecular weight excluding hydrogens is 340 g/mol. The van der Waals surface area contributed by atoms with Crippen LogP contribution in [0, 0.1) is 31.6 Å². The second-order valence-electron chi connectivity index (χ2n) is 6.29. The number of hydrogen-bond donors (Lipinski definition) is 0. The summed E-state index contributed by atoms with van der Waals surface area (Å²) >= 11 is 0. The number of fused-ring (bicyclic) bond motifs is 1. The van der Waals surface area contributed by atoms with E-state index in [2.05, 4.69) is 10.4 Å². The smallest absolute Gasteiger partial charge is 0.355 e. The van der Waals surface area contributed by atoms with E-state index < -0.39 is 29.7 Å². The van der Waals surface area contributed by atoms with E-state index in [9.17, 15) is 19.3 Å². The summed E-state index contributed by atoms with van der Waals surface area (Å²) in [5.74, 6) is -3.31. The van der Waals surface area contributed by atoms with Gasteiger partial charge in [0.25, 0.3) is 5.91 Å². The zero-order valence-corrected chi connectivity index (χ0v) is 14.8. The molecule has 0 aromatic heterocycles. The summed E-state index contributed by atoms with van der Waals surface area (Å²) in [4.78, 5) is 50.2. The Kier molecular flexibility index (Phi) is 4.31. The van der Waals surface area contributed by atoms with Gasteiger partial charge in [-0.25, -0.2) is 9.69 Å². The van der Waals surface area contributed by atoms with E-state index in [1.54, 1.807) is 20.8 Å². The molecule has 0 saturated carbocycles. The summed E-state index contributed by atoms with van der Waals surface area (Å²) in [5.41, 5.74) is 2.65. The predicted octanol–water partition coefficient (Wildman–Crippen LogP) is 1.39. The second kappa shape index (κ2) is 6.32. The van der Waals surface area contributed by atoms with Crippen molar-refractivity contribution < 1.29 is 19.1 Å². The van der Waals surface area contributed by atoms with Crippen LogP contribution in [0.1, 0.15) is 23.6 Å². The molecule has 1 saturated heterocycles. The average molecular weight is 358 g/mol. The van der Waals surface area contributed by atoms with Crippen molar-refractivity contribution >= 4 is 29.2 Å². The van der Waals surface area contributed by atoms with Gasteiger partial charge in [-0.05, 0) is 38.8 Å². The summed E-state index contributed by atoms with van der Waals surface area (Å²) in [6, 6.07) is 2.44. The number of nitrogens with zero attached hydrogens (tertiary/aromatic N) is 4. The Hall–Kier alpha value is -3.10. The number of carbonyl (C=O) groups excluding carboxylic acids is 3. The molecule has 0 unspecified atom stereocenters. The monoisotopic (exact) mass is 358 g/mol. The van der Waals surface area contributed by atoms with Crippen molar-refractivity contribution in [1.29, 1.82) is 0 Å². The van der Waals surface area contributed by atoms with Crippen molar-refractivity contribution in [2.45, 2.75) is 33.7 Å². The standard InChI is InChI=1S/C17H18N4O5/c1-5-26-17(24)12-11-14(21(18-12)19-25)16(23)20(15(11)22)13-9(3)6-8(2)7-10(13)4/h6-7,11,14H,5H2,1-4H3/t11-,14+/m1/s1. The molecule has 136 valence electrons. The van der Waals surface area contributed by atoms with Crippen LogP contribution >= 0.6 is 0 Å². The predicted molar refractivity (Wildman–Crippen MR) is 92.1 cm³/mol. The number of carbonyl (C=O) groups is 3. The van der Waals surface area contributed by atoms with E-state index in [0.717, 1.165) is 21.6 Å². The molecular formula is C17H18N4O5. The van der Waals surface area contributed by atoms with Crippen molar-refractivity contribution in [2.75, 3.05) is 11.5 Å². The molecule has 2 amide bonds. The molecule has 9 nitrogen and oxygen atoms in total. The topological polar surface area (TPSA) is 109 Å². The van der Waals surface area contributed by atoms with Gasteiger partial charge in [0.05, 0.1) is 17.6 Å². The van der Waals surface area contributed by atoms with Gasteiger partial charge >= 0.3 is 5.97 Å². The van der Waals surface area contributed by atoms with E-state index in [1.807, 2.05) is 19.1 Å². The zero-order valence-electron chi connectivity index (χ0n) is 14.8. The number of hydrogen-bond acceptors (Lipinski definition) is 7. The van der Waals surface area contributed by atoms with Crippen molar-refractivity contribution in [3.8, 4) is 0 Å². The number of rotatable bonds is 4. The maximum Gasteiger partial charge on any atom is 0.355 e. The van der Waals surface area contributed by atoms with Crippen molar-refractivity contribution in [2.24, 2.45) is 16.3 Å². The Balaban J connectivity index is 2.08. The molecule has 3 rings (SSSR count). The van der Waals surface area contributed by atoms with Crippen LogP contribution in [0.4, 0.5) is 5.69 Å². The van der Waals surface area contributed by atoms with Crippen molar-refractivity contribution in [3.63, 3.8) is 0 Å². The lowest BCUT2D eigenvalue weighted by molar-refractivity contribution is -0.136. The minimum atomic E-state index is -1.26. The SMILES string of the molecule is CCOC(=O)C1=NN(N=O)[C@@H]2C(=O)N(c3c(C)cc(C)cc3C)C(=O)[C@H]12. The lowest BCUT2D eigenvalue weighted by Gasteiger charge is -2.21. The molecule has 1 fully saturated rings. The Morgan fingerprint density at radius 3 is 2.35 bits per heavy atom. The van der Waals surface area contributed by atoms with Crippen LogP contribution in [0.2, 0.25) is 0 Å². The van der Waals surface area contributed by atoms with Gasteiger partial charge in [-0.15, -0.1) is 15.1 Å². The molecule has 2 atom stereocenters. The van der Waals surface area contributed by atoms with Gasteiger partial charge in [0, 0.05) is 0 Å². The van der Waals surface area contributed by atoms with Gasteiger partial charge in [-0.3, -0.25) is 9.59 Å². The first-order valence-electron chi connectivity index (χ1n) is 8.15. The highest BCUT2D eigenvalue weighted by atomic mass is 16.5. The number of hydrazone groups is 1. The number of benzene rings is 1. The highest BCUT2D eigenvalue weighted by molar-refractivity contribution is 6.46. The molecule has 0 radical (unpaired) electrons. The summed E-state index contributed by atoms with van der Waals surface area (Å²) in [6.45, 7) is 7.18. The lowest BCUT2D eigenvalue weighted by atomic mass is 9.98. The summed E-state index contributed by atoms with van der Waals surface area (Å²) in [5, 5.41) is 6.99. The lowest BCUT2D eigenvalue weighted by Crippen LogP contribution is -2.37. The number of esters is 1. The Morgan fingerprint density at radius 2 is 1.81 bits per heavy atom. The molecule has 0 aliphatic carbocycles. The zero-order chi connectivity index (χ0) is 19.2. The average Bonchev–Trinajstić information content (AvgIpc) is 3.06. The van der Waals surface area contributed by atoms with Crippen molar-refractivity contribution in [1.82, 2.24) is 5.12 Å². The molecule has 0 spiro atoms. The third kappa shape index (κ3) is 2.47. The molecule has 0 N–H and O–H groups in total. The minimum Gasteiger partial charge on any atom is -0.461 e. The minimum absolute atomic E-state index is 0.0752. The summed E-state index contributed by atoms with van der Waals surface area (Å²) in [7, 11) is 0. The van der Waals surface area contributed by atoms with Crippen LogP contribution < -0.4 is 4.90 Å². The fraction of sp³-hybridized carbons (Fsp3) is 0.412. The summed E-state index contributed by atoms with van der Waals surface area (Å²) < 4.78 is 4.89. The highest BCUT2D eigenvalue weighted by Gasteiger charge is 2.60. The Labute approximate surface area is 149 Å². The first-order valence-corrected chi connectivity index (χ1v) is 8.15. The van der Waals surface area contributed by atoms with Gasteiger partial charge in [0.15, 0.2) is 11.8 Å². The second-order valence-corrected chi connectivity index (χ2v) is 6.29. The quantitative estimate of drug-likeness (QED) is 0.457.